The number of rotatable bonds is 2. The Morgan fingerprint density at radius 3 is 2.65 bits per heavy atom. The third-order valence-corrected chi connectivity index (χ3v) is 3.26. The number of hydrogen-bond donors (Lipinski definition) is 5. The zero-order valence-electron chi connectivity index (χ0n) is 10.3. The number of nitrogen functional groups attached to an aromatic ring is 2. The number of anilines is 2. The monoisotopic (exact) mass is 282 g/mol. The summed E-state index contributed by atoms with van der Waals surface area (Å²) in [6.07, 6.45) is -2.92. The van der Waals surface area contributed by atoms with E-state index in [9.17, 15) is 10.2 Å². The summed E-state index contributed by atoms with van der Waals surface area (Å²) in [4.78, 5) is 11.8. The van der Waals surface area contributed by atoms with Crippen LogP contribution in [-0.4, -0.2) is 59.8 Å². The average molecular weight is 282 g/mol. The number of imidazole rings is 1. The van der Waals surface area contributed by atoms with Crippen molar-refractivity contribution in [2.24, 2.45) is 0 Å². The zero-order valence-corrected chi connectivity index (χ0v) is 10.3. The fourth-order valence-corrected chi connectivity index (χ4v) is 2.25. The summed E-state index contributed by atoms with van der Waals surface area (Å²) in [5.41, 5.74) is 11.8. The van der Waals surface area contributed by atoms with Crippen LogP contribution in [0.1, 0.15) is 6.23 Å². The van der Waals surface area contributed by atoms with Crippen LogP contribution in [0, 0.1) is 0 Å². The van der Waals surface area contributed by atoms with Crippen molar-refractivity contribution in [3.05, 3.63) is 6.33 Å². The molecule has 1 aliphatic rings. The Morgan fingerprint density at radius 2 is 2.00 bits per heavy atom. The summed E-state index contributed by atoms with van der Waals surface area (Å²) in [6, 6.07) is 0. The van der Waals surface area contributed by atoms with Gasteiger partial charge in [0.15, 0.2) is 17.7 Å². The number of hydrogen-bond acceptors (Lipinski definition) is 9. The topological polar surface area (TPSA) is 166 Å². The molecular formula is C10H14N6O4. The van der Waals surface area contributed by atoms with Gasteiger partial charge in [-0.1, -0.05) is 0 Å². The molecule has 7 N–H and O–H groups in total. The van der Waals surface area contributed by atoms with Crippen molar-refractivity contribution < 1.29 is 20.1 Å². The Labute approximate surface area is 112 Å². The highest BCUT2D eigenvalue weighted by Crippen LogP contribution is 2.31. The van der Waals surface area contributed by atoms with Crippen LogP contribution in [0.25, 0.3) is 11.2 Å². The zero-order chi connectivity index (χ0) is 14.4. The smallest absolute Gasteiger partial charge is 0.224 e. The van der Waals surface area contributed by atoms with Gasteiger partial charge in [-0.25, -0.2) is 4.98 Å². The van der Waals surface area contributed by atoms with Gasteiger partial charge in [0.05, 0.1) is 12.9 Å². The molecule has 0 aliphatic carbocycles. The summed E-state index contributed by atoms with van der Waals surface area (Å²) in [6.45, 7) is -0.416. The number of ether oxygens (including phenoxy) is 1. The third-order valence-electron chi connectivity index (χ3n) is 3.26. The van der Waals surface area contributed by atoms with Crippen LogP contribution >= 0.6 is 0 Å². The molecule has 10 nitrogen and oxygen atoms in total. The fraction of sp³-hybridized carbons (Fsp3) is 0.500. The van der Waals surface area contributed by atoms with Crippen molar-refractivity contribution in [2.75, 3.05) is 18.1 Å². The summed E-state index contributed by atoms with van der Waals surface area (Å²) < 4.78 is 6.79. The van der Waals surface area contributed by atoms with E-state index in [2.05, 4.69) is 15.0 Å². The van der Waals surface area contributed by atoms with Gasteiger partial charge in [-0.15, -0.1) is 0 Å². The Morgan fingerprint density at radius 1 is 1.25 bits per heavy atom. The van der Waals surface area contributed by atoms with Crippen LogP contribution in [0.15, 0.2) is 6.33 Å². The molecule has 0 radical (unpaired) electrons. The molecule has 1 aliphatic heterocycles. The first kappa shape index (κ1) is 13.0. The van der Waals surface area contributed by atoms with Crippen molar-refractivity contribution in [3.63, 3.8) is 0 Å². The maximum atomic E-state index is 9.99. The van der Waals surface area contributed by atoms with Crippen LogP contribution in [0.4, 0.5) is 11.8 Å². The molecule has 10 heteroatoms. The van der Waals surface area contributed by atoms with Crippen molar-refractivity contribution in [2.45, 2.75) is 24.5 Å². The SMILES string of the molecule is Nc1nc(N)c2ncn(C3O[C@H](CO)[C@H](O)C3O)c2n1. The lowest BCUT2D eigenvalue weighted by atomic mass is 10.1. The highest BCUT2D eigenvalue weighted by Gasteiger charge is 2.44. The van der Waals surface area contributed by atoms with E-state index in [0.29, 0.717) is 5.52 Å². The molecule has 1 fully saturated rings. The summed E-state index contributed by atoms with van der Waals surface area (Å²) in [5, 5.41) is 28.8. The molecule has 0 saturated carbocycles. The minimum absolute atomic E-state index is 0.0384. The van der Waals surface area contributed by atoms with Gasteiger partial charge in [0, 0.05) is 0 Å². The first-order valence-electron chi connectivity index (χ1n) is 5.91. The Bertz CT molecular complexity index is 646. The highest BCUT2D eigenvalue weighted by atomic mass is 16.6. The summed E-state index contributed by atoms with van der Waals surface area (Å²) in [5.74, 6) is 0.0708. The van der Waals surface area contributed by atoms with E-state index < -0.39 is 31.1 Å². The minimum atomic E-state index is -1.23. The second-order valence-electron chi connectivity index (χ2n) is 4.52. The van der Waals surface area contributed by atoms with Crippen LogP contribution in [0.2, 0.25) is 0 Å². The third kappa shape index (κ3) is 1.78. The molecule has 108 valence electrons. The largest absolute Gasteiger partial charge is 0.394 e. The Kier molecular flexibility index (Phi) is 2.94. The lowest BCUT2D eigenvalue weighted by Gasteiger charge is -2.16. The molecule has 4 atom stereocenters. The van der Waals surface area contributed by atoms with E-state index in [-0.39, 0.29) is 17.4 Å². The predicted molar refractivity (Wildman–Crippen MR) is 67.2 cm³/mol. The van der Waals surface area contributed by atoms with Crippen LogP contribution in [-0.2, 0) is 4.74 Å². The van der Waals surface area contributed by atoms with E-state index in [4.69, 9.17) is 21.3 Å². The number of fused-ring (bicyclic) bond motifs is 1. The van der Waals surface area contributed by atoms with Crippen LogP contribution < -0.4 is 11.5 Å². The van der Waals surface area contributed by atoms with E-state index in [0.717, 1.165) is 0 Å². The van der Waals surface area contributed by atoms with E-state index >= 15 is 0 Å². The van der Waals surface area contributed by atoms with Gasteiger partial charge in [0.25, 0.3) is 0 Å². The number of nitrogens with two attached hydrogens (primary N) is 2. The van der Waals surface area contributed by atoms with Gasteiger partial charge >= 0.3 is 0 Å². The van der Waals surface area contributed by atoms with Gasteiger partial charge in [0.1, 0.15) is 23.8 Å². The number of aliphatic hydroxyl groups is 3. The number of aliphatic hydroxyl groups excluding tert-OH is 3. The maximum Gasteiger partial charge on any atom is 0.224 e. The maximum absolute atomic E-state index is 9.99. The van der Waals surface area contributed by atoms with Gasteiger partial charge in [-0.05, 0) is 0 Å². The molecule has 3 heterocycles. The van der Waals surface area contributed by atoms with Gasteiger partial charge in [-0.3, -0.25) is 4.57 Å². The lowest BCUT2D eigenvalue weighted by Crippen LogP contribution is -2.33. The van der Waals surface area contributed by atoms with Gasteiger partial charge < -0.3 is 31.5 Å². The Balaban J connectivity index is 2.07. The fourth-order valence-electron chi connectivity index (χ4n) is 2.25. The minimum Gasteiger partial charge on any atom is -0.394 e. The van der Waals surface area contributed by atoms with Gasteiger partial charge in [-0.2, -0.15) is 9.97 Å². The quantitative estimate of drug-likeness (QED) is 0.403. The molecule has 3 rings (SSSR count). The first-order valence-corrected chi connectivity index (χ1v) is 5.91. The van der Waals surface area contributed by atoms with Crippen molar-refractivity contribution in [1.82, 2.24) is 19.5 Å². The molecule has 1 saturated heterocycles. The lowest BCUT2D eigenvalue weighted by molar-refractivity contribution is -0.0511. The highest BCUT2D eigenvalue weighted by molar-refractivity contribution is 5.82. The second-order valence-corrected chi connectivity index (χ2v) is 4.52. The van der Waals surface area contributed by atoms with Crippen LogP contribution in [0.5, 0.6) is 0 Å². The molecule has 20 heavy (non-hydrogen) atoms. The molecule has 2 unspecified atom stereocenters. The average Bonchev–Trinajstić information content (AvgIpc) is 2.93. The molecule has 2 aromatic rings. The van der Waals surface area contributed by atoms with Gasteiger partial charge in [0.2, 0.25) is 5.95 Å². The van der Waals surface area contributed by atoms with E-state index in [1.165, 1.54) is 10.9 Å². The first-order chi connectivity index (χ1) is 9.52. The van der Waals surface area contributed by atoms with Crippen molar-refractivity contribution in [3.8, 4) is 0 Å². The second kappa shape index (κ2) is 4.52. The molecule has 2 aromatic heterocycles. The van der Waals surface area contributed by atoms with E-state index in [1.807, 2.05) is 0 Å². The normalized spacial score (nSPS) is 30.1. The predicted octanol–water partition coefficient (Wildman–Crippen LogP) is -2.40. The molecular weight excluding hydrogens is 268 g/mol. The molecule has 0 aromatic carbocycles. The van der Waals surface area contributed by atoms with Crippen molar-refractivity contribution in [1.29, 1.82) is 0 Å². The van der Waals surface area contributed by atoms with Crippen LogP contribution in [0.3, 0.4) is 0 Å². The standard InChI is InChI=1S/C10H14N6O4/c11-7-4-8(15-10(12)14-7)16(2-13-4)9-6(19)5(18)3(1-17)20-9/h2-3,5-6,9,17-19H,1H2,(H4,11,12,14,15)/t3-,5+,6?,9?/m1/s1. The molecule has 0 amide bonds. The summed E-state index contributed by atoms with van der Waals surface area (Å²) >= 11 is 0. The number of nitrogens with zero attached hydrogens (tertiary/aromatic N) is 4. The van der Waals surface area contributed by atoms with E-state index in [1.54, 1.807) is 0 Å². The molecule has 0 spiro atoms. The molecule has 0 bridgehead atoms. The number of aromatic nitrogens is 4. The Hall–Kier alpha value is -2.01. The summed E-state index contributed by atoms with van der Waals surface area (Å²) in [7, 11) is 0. The van der Waals surface area contributed by atoms with Crippen molar-refractivity contribution >= 4 is 22.9 Å².